The van der Waals surface area contributed by atoms with E-state index in [0.29, 0.717) is 0 Å². The van der Waals surface area contributed by atoms with Gasteiger partial charge in [0.05, 0.1) is 0 Å². The molecule has 0 aliphatic heterocycles. The third kappa shape index (κ3) is 23.3. The van der Waals surface area contributed by atoms with Gasteiger partial charge in [-0.25, -0.2) is 0 Å². The molecule has 0 bridgehead atoms. The van der Waals surface area contributed by atoms with E-state index >= 15 is 0 Å². The number of hydrogen-bond acceptors (Lipinski definition) is 2. The third-order valence-corrected chi connectivity index (χ3v) is 2.41. The van der Waals surface area contributed by atoms with Crippen LogP contribution >= 0.6 is 0 Å². The standard InChI is InChI=1S/C12H27N.CH2O2/c1-3-5-7-9-11-13-12-10-8-6-4-2;2-1-3/h13H,3-12H2,1-2H3;1H,(H,2,3). The minimum absolute atomic E-state index is 0.250. The first-order valence-electron chi connectivity index (χ1n) is 6.62. The summed E-state index contributed by atoms with van der Waals surface area (Å²) in [6.45, 7) is 6.73. The van der Waals surface area contributed by atoms with E-state index in [-0.39, 0.29) is 6.47 Å². The largest absolute Gasteiger partial charge is 0.483 e. The average Bonchev–Trinajstić information content (AvgIpc) is 2.28. The number of unbranched alkanes of at least 4 members (excludes halogenated alkanes) is 6. The molecule has 0 aliphatic carbocycles. The summed E-state index contributed by atoms with van der Waals surface area (Å²) < 4.78 is 0. The molecule has 2 N–H and O–H groups in total. The van der Waals surface area contributed by atoms with Gasteiger partial charge in [0.1, 0.15) is 0 Å². The Morgan fingerprint density at radius 2 is 1.25 bits per heavy atom. The summed E-state index contributed by atoms with van der Waals surface area (Å²) in [6.07, 6.45) is 11.0. The van der Waals surface area contributed by atoms with Crippen molar-refractivity contribution in [1.82, 2.24) is 5.32 Å². The van der Waals surface area contributed by atoms with Gasteiger partial charge in [-0.3, -0.25) is 4.79 Å². The number of nitrogens with one attached hydrogen (secondary N) is 1. The van der Waals surface area contributed by atoms with Crippen molar-refractivity contribution in [1.29, 1.82) is 0 Å². The summed E-state index contributed by atoms with van der Waals surface area (Å²) in [5.74, 6) is 0. The molecule has 0 radical (unpaired) electrons. The van der Waals surface area contributed by atoms with Gasteiger partial charge < -0.3 is 10.4 Å². The Bertz CT molecular complexity index is 109. The summed E-state index contributed by atoms with van der Waals surface area (Å²) in [5, 5.41) is 10.4. The quantitative estimate of drug-likeness (QED) is 0.447. The van der Waals surface area contributed by atoms with Gasteiger partial charge in [0.25, 0.3) is 6.47 Å². The molecule has 3 nitrogen and oxygen atoms in total. The lowest BCUT2D eigenvalue weighted by Crippen LogP contribution is -2.16. The predicted molar refractivity (Wildman–Crippen MR) is 69.8 cm³/mol. The molecule has 0 rings (SSSR count). The van der Waals surface area contributed by atoms with Crippen LogP contribution in [0.5, 0.6) is 0 Å². The second kappa shape index (κ2) is 19.9. The van der Waals surface area contributed by atoms with Crippen LogP contribution in [0.4, 0.5) is 0 Å². The van der Waals surface area contributed by atoms with Gasteiger partial charge in [0, 0.05) is 0 Å². The van der Waals surface area contributed by atoms with Crippen molar-refractivity contribution >= 4 is 6.47 Å². The van der Waals surface area contributed by atoms with Crippen LogP contribution in [-0.4, -0.2) is 24.7 Å². The van der Waals surface area contributed by atoms with Gasteiger partial charge in [-0.15, -0.1) is 0 Å². The second-order valence-electron chi connectivity index (χ2n) is 3.98. The molecule has 0 aromatic heterocycles. The van der Waals surface area contributed by atoms with Crippen LogP contribution in [0.1, 0.15) is 65.2 Å². The van der Waals surface area contributed by atoms with Crippen LogP contribution in [0.2, 0.25) is 0 Å². The minimum Gasteiger partial charge on any atom is -0.483 e. The Kier molecular flexibility index (Phi) is 22.2. The Balaban J connectivity index is 0. The highest BCUT2D eigenvalue weighted by atomic mass is 16.3. The lowest BCUT2D eigenvalue weighted by atomic mass is 10.2. The maximum absolute atomic E-state index is 8.36. The molecule has 0 spiro atoms. The summed E-state index contributed by atoms with van der Waals surface area (Å²) in [4.78, 5) is 8.36. The van der Waals surface area contributed by atoms with E-state index in [9.17, 15) is 0 Å². The van der Waals surface area contributed by atoms with Crippen molar-refractivity contribution < 1.29 is 9.90 Å². The van der Waals surface area contributed by atoms with Crippen LogP contribution in [0, 0.1) is 0 Å². The summed E-state index contributed by atoms with van der Waals surface area (Å²) in [5.41, 5.74) is 0. The fraction of sp³-hybridized carbons (Fsp3) is 0.923. The van der Waals surface area contributed by atoms with Crippen molar-refractivity contribution in [3.05, 3.63) is 0 Å². The first-order valence-corrected chi connectivity index (χ1v) is 6.62. The lowest BCUT2D eigenvalue weighted by Gasteiger charge is -2.03. The average molecular weight is 231 g/mol. The van der Waals surface area contributed by atoms with Gasteiger partial charge in [-0.2, -0.15) is 0 Å². The van der Waals surface area contributed by atoms with E-state index < -0.39 is 0 Å². The normalized spacial score (nSPS) is 9.38. The zero-order chi connectivity index (χ0) is 12.5. The smallest absolute Gasteiger partial charge is 0.290 e. The van der Waals surface area contributed by atoms with Gasteiger partial charge in [-0.05, 0) is 25.9 Å². The van der Waals surface area contributed by atoms with Crippen LogP contribution in [-0.2, 0) is 4.79 Å². The van der Waals surface area contributed by atoms with Gasteiger partial charge in [-0.1, -0.05) is 52.4 Å². The number of rotatable bonds is 10. The van der Waals surface area contributed by atoms with E-state index in [1.807, 2.05) is 0 Å². The topological polar surface area (TPSA) is 49.3 Å². The van der Waals surface area contributed by atoms with Crippen LogP contribution in [0.3, 0.4) is 0 Å². The molecule has 0 unspecified atom stereocenters. The molecule has 0 saturated carbocycles. The van der Waals surface area contributed by atoms with Crippen molar-refractivity contribution in [2.24, 2.45) is 0 Å². The molecule has 0 aliphatic rings. The molecule has 0 amide bonds. The van der Waals surface area contributed by atoms with Crippen molar-refractivity contribution in [3.8, 4) is 0 Å². The monoisotopic (exact) mass is 231 g/mol. The molecule has 0 aromatic rings. The fourth-order valence-electron chi connectivity index (χ4n) is 1.48. The number of hydrogen-bond donors (Lipinski definition) is 2. The number of carbonyl (C=O) groups is 1. The second-order valence-corrected chi connectivity index (χ2v) is 3.98. The van der Waals surface area contributed by atoms with E-state index in [1.165, 1.54) is 64.5 Å². The molecule has 0 heterocycles. The highest BCUT2D eigenvalue weighted by molar-refractivity contribution is 5.32. The lowest BCUT2D eigenvalue weighted by molar-refractivity contribution is -0.122. The molecular weight excluding hydrogens is 202 g/mol. The van der Waals surface area contributed by atoms with Gasteiger partial charge in [0.15, 0.2) is 0 Å². The molecule has 0 atom stereocenters. The van der Waals surface area contributed by atoms with Crippen LogP contribution in [0.15, 0.2) is 0 Å². The predicted octanol–water partition coefficient (Wildman–Crippen LogP) is 3.44. The zero-order valence-corrected chi connectivity index (χ0v) is 11.0. The summed E-state index contributed by atoms with van der Waals surface area (Å²) in [7, 11) is 0. The molecule has 16 heavy (non-hydrogen) atoms. The van der Waals surface area contributed by atoms with E-state index in [1.54, 1.807) is 0 Å². The Morgan fingerprint density at radius 1 is 0.875 bits per heavy atom. The molecule has 3 heteroatoms. The third-order valence-electron chi connectivity index (χ3n) is 2.41. The molecule has 98 valence electrons. The highest BCUT2D eigenvalue weighted by Crippen LogP contribution is 1.98. The van der Waals surface area contributed by atoms with E-state index in [2.05, 4.69) is 19.2 Å². The maximum atomic E-state index is 8.36. The van der Waals surface area contributed by atoms with Crippen molar-refractivity contribution in [2.45, 2.75) is 65.2 Å². The van der Waals surface area contributed by atoms with E-state index in [0.717, 1.165) is 0 Å². The molecule has 0 aromatic carbocycles. The summed E-state index contributed by atoms with van der Waals surface area (Å²) >= 11 is 0. The molecular formula is C13H29NO2. The highest BCUT2D eigenvalue weighted by Gasteiger charge is 1.89. The van der Waals surface area contributed by atoms with Crippen LogP contribution in [0.25, 0.3) is 0 Å². The SMILES string of the molecule is CCCCCCNCCCCCC.O=CO. The molecule has 0 saturated heterocycles. The number of carboxylic acid groups (broad SMARTS) is 1. The van der Waals surface area contributed by atoms with Gasteiger partial charge >= 0.3 is 0 Å². The first-order chi connectivity index (χ1) is 7.83. The summed E-state index contributed by atoms with van der Waals surface area (Å²) in [6, 6.07) is 0. The van der Waals surface area contributed by atoms with E-state index in [4.69, 9.17) is 9.90 Å². The zero-order valence-electron chi connectivity index (χ0n) is 11.0. The van der Waals surface area contributed by atoms with Crippen LogP contribution < -0.4 is 5.32 Å². The Labute approximate surface area is 101 Å². The minimum atomic E-state index is -0.250. The van der Waals surface area contributed by atoms with Crippen molar-refractivity contribution in [2.75, 3.05) is 13.1 Å². The van der Waals surface area contributed by atoms with Crippen molar-refractivity contribution in [3.63, 3.8) is 0 Å². The fourth-order valence-corrected chi connectivity index (χ4v) is 1.48. The Morgan fingerprint density at radius 3 is 1.56 bits per heavy atom. The maximum Gasteiger partial charge on any atom is 0.290 e. The van der Waals surface area contributed by atoms with Gasteiger partial charge in [0.2, 0.25) is 0 Å². The molecule has 0 fully saturated rings. The first kappa shape index (κ1) is 17.8. The Hall–Kier alpha value is -0.570.